The van der Waals surface area contributed by atoms with Crippen LogP contribution in [0.15, 0.2) is 0 Å². The van der Waals surface area contributed by atoms with Gasteiger partial charge in [-0.25, -0.2) is 4.79 Å². The summed E-state index contributed by atoms with van der Waals surface area (Å²) in [5, 5.41) is 25.7. The topological polar surface area (TPSA) is 182 Å². The molecule has 26 heavy (non-hydrogen) atoms. The first kappa shape index (κ1) is 23.0. The fourth-order valence-corrected chi connectivity index (χ4v) is 1.70. The van der Waals surface area contributed by atoms with Gasteiger partial charge in [-0.05, 0) is 12.8 Å². The van der Waals surface area contributed by atoms with Crippen molar-refractivity contribution in [2.24, 2.45) is 0 Å². The Kier molecular flexibility index (Phi) is 11.0. The summed E-state index contributed by atoms with van der Waals surface area (Å²) in [6.45, 7) is 0. The Balaban J connectivity index is 4.05. The molecule has 11 heteroatoms. The third-order valence-corrected chi connectivity index (χ3v) is 2.93. The van der Waals surface area contributed by atoms with E-state index in [9.17, 15) is 28.8 Å². The predicted octanol–water partition coefficient (Wildman–Crippen LogP) is 0.343. The minimum absolute atomic E-state index is 0.0285. The highest BCUT2D eigenvalue weighted by atomic mass is 16.6. The summed E-state index contributed by atoms with van der Waals surface area (Å²) in [6, 6.07) is 0. The fraction of sp³-hybridized carbons (Fsp3) is 0.600. The zero-order valence-corrected chi connectivity index (χ0v) is 13.8. The lowest BCUT2D eigenvalue weighted by Crippen LogP contribution is -2.27. The van der Waals surface area contributed by atoms with Gasteiger partial charge >= 0.3 is 35.8 Å². The van der Waals surface area contributed by atoms with Gasteiger partial charge < -0.3 is 24.8 Å². The molecule has 0 saturated heterocycles. The quantitative estimate of drug-likeness (QED) is 0.298. The Morgan fingerprint density at radius 1 is 0.654 bits per heavy atom. The van der Waals surface area contributed by atoms with Gasteiger partial charge in [-0.2, -0.15) is 0 Å². The normalized spacial score (nSPS) is 11.2. The number of carboxylic acid groups (broad SMARTS) is 3. The highest BCUT2D eigenvalue weighted by Gasteiger charge is 2.23. The molecule has 0 heterocycles. The van der Waals surface area contributed by atoms with Gasteiger partial charge in [0.2, 0.25) is 0 Å². The van der Waals surface area contributed by atoms with Crippen molar-refractivity contribution >= 4 is 35.8 Å². The van der Waals surface area contributed by atoms with Crippen LogP contribution in [-0.2, 0) is 38.2 Å². The Morgan fingerprint density at radius 3 is 1.58 bits per heavy atom. The second-order valence-electron chi connectivity index (χ2n) is 5.20. The number of ether oxygens (including phenoxy) is 2. The maximum Gasteiger partial charge on any atom is 0.345 e. The lowest BCUT2D eigenvalue weighted by atomic mass is 10.2. The van der Waals surface area contributed by atoms with Crippen molar-refractivity contribution < 1.29 is 53.6 Å². The van der Waals surface area contributed by atoms with E-state index in [0.717, 1.165) is 0 Å². The Labute approximate surface area is 147 Å². The van der Waals surface area contributed by atoms with Gasteiger partial charge in [0.1, 0.15) is 0 Å². The van der Waals surface area contributed by atoms with E-state index in [-0.39, 0.29) is 44.9 Å². The zero-order valence-electron chi connectivity index (χ0n) is 13.8. The number of rotatable bonds is 13. The maximum absolute atomic E-state index is 11.5. The fourth-order valence-electron chi connectivity index (χ4n) is 1.70. The van der Waals surface area contributed by atoms with Gasteiger partial charge in [-0.1, -0.05) is 0 Å². The van der Waals surface area contributed by atoms with Gasteiger partial charge in [0.15, 0.2) is 6.10 Å². The third-order valence-electron chi connectivity index (χ3n) is 2.93. The SMILES string of the molecule is O=C(O)CCCC(=O)OC(=O)CCCC(=O)OC(CCC(=O)O)C(=O)O. The van der Waals surface area contributed by atoms with Crippen molar-refractivity contribution in [2.45, 2.75) is 57.5 Å². The highest BCUT2D eigenvalue weighted by Crippen LogP contribution is 2.08. The molecule has 0 aromatic heterocycles. The molecule has 0 aliphatic rings. The van der Waals surface area contributed by atoms with E-state index in [1.165, 1.54) is 0 Å². The van der Waals surface area contributed by atoms with Crippen molar-refractivity contribution in [2.75, 3.05) is 0 Å². The van der Waals surface area contributed by atoms with Crippen LogP contribution in [-0.4, -0.2) is 57.2 Å². The largest absolute Gasteiger partial charge is 0.481 e. The number of carbonyl (C=O) groups is 6. The first-order valence-corrected chi connectivity index (χ1v) is 7.71. The standard InChI is InChI=1S/C15H20O11/c16-10(17)3-1-4-13(21)26-14(22)6-2-5-12(20)25-9(15(23)24)7-8-11(18)19/h9H,1-8H2,(H,16,17)(H,18,19)(H,23,24). The van der Waals surface area contributed by atoms with Crippen LogP contribution >= 0.6 is 0 Å². The number of esters is 3. The molecule has 1 atom stereocenters. The predicted molar refractivity (Wildman–Crippen MR) is 80.8 cm³/mol. The molecular formula is C15H20O11. The van der Waals surface area contributed by atoms with E-state index >= 15 is 0 Å². The first-order chi connectivity index (χ1) is 12.1. The van der Waals surface area contributed by atoms with E-state index in [2.05, 4.69) is 9.47 Å². The Bertz CT molecular complexity index is 552. The zero-order chi connectivity index (χ0) is 20.1. The molecule has 0 aromatic rings. The lowest BCUT2D eigenvalue weighted by Gasteiger charge is -2.12. The Morgan fingerprint density at radius 2 is 1.12 bits per heavy atom. The molecule has 0 saturated carbocycles. The van der Waals surface area contributed by atoms with E-state index < -0.39 is 48.3 Å². The summed E-state index contributed by atoms with van der Waals surface area (Å²) in [7, 11) is 0. The lowest BCUT2D eigenvalue weighted by molar-refractivity contribution is -0.165. The van der Waals surface area contributed by atoms with Crippen LogP contribution in [0.2, 0.25) is 0 Å². The third kappa shape index (κ3) is 12.4. The summed E-state index contributed by atoms with van der Waals surface area (Å²) in [5.74, 6) is -6.50. The number of carbonyl (C=O) groups excluding carboxylic acids is 3. The average Bonchev–Trinajstić information content (AvgIpc) is 2.50. The summed E-state index contributed by atoms with van der Waals surface area (Å²) in [4.78, 5) is 65.6. The van der Waals surface area contributed by atoms with Crippen LogP contribution in [0.3, 0.4) is 0 Å². The van der Waals surface area contributed by atoms with Crippen molar-refractivity contribution in [1.29, 1.82) is 0 Å². The average molecular weight is 376 g/mol. The molecule has 0 aromatic carbocycles. The molecule has 3 N–H and O–H groups in total. The summed E-state index contributed by atoms with van der Waals surface area (Å²) in [5.41, 5.74) is 0. The molecule has 0 amide bonds. The smallest absolute Gasteiger partial charge is 0.345 e. The van der Waals surface area contributed by atoms with Crippen LogP contribution in [0.5, 0.6) is 0 Å². The molecule has 146 valence electrons. The number of carboxylic acids is 3. The van der Waals surface area contributed by atoms with E-state index in [1.54, 1.807) is 0 Å². The molecule has 0 rings (SSSR count). The molecule has 0 bridgehead atoms. The van der Waals surface area contributed by atoms with Crippen LogP contribution < -0.4 is 0 Å². The highest BCUT2D eigenvalue weighted by molar-refractivity contribution is 5.86. The molecule has 0 spiro atoms. The van der Waals surface area contributed by atoms with Crippen LogP contribution in [0.1, 0.15) is 51.4 Å². The molecule has 0 radical (unpaired) electrons. The molecule has 11 nitrogen and oxygen atoms in total. The maximum atomic E-state index is 11.5. The van der Waals surface area contributed by atoms with Gasteiger partial charge in [0.25, 0.3) is 0 Å². The van der Waals surface area contributed by atoms with E-state index in [1.807, 2.05) is 0 Å². The number of hydrogen-bond acceptors (Lipinski definition) is 8. The minimum Gasteiger partial charge on any atom is -0.481 e. The van der Waals surface area contributed by atoms with E-state index in [4.69, 9.17) is 15.3 Å². The summed E-state index contributed by atoms with van der Waals surface area (Å²) < 4.78 is 9.04. The molecule has 1 unspecified atom stereocenters. The second kappa shape index (κ2) is 12.4. The van der Waals surface area contributed by atoms with Crippen molar-refractivity contribution in [1.82, 2.24) is 0 Å². The molecular weight excluding hydrogens is 356 g/mol. The van der Waals surface area contributed by atoms with Crippen molar-refractivity contribution in [3.05, 3.63) is 0 Å². The minimum atomic E-state index is -1.60. The second-order valence-corrected chi connectivity index (χ2v) is 5.20. The van der Waals surface area contributed by atoms with Gasteiger partial charge in [0.05, 0.1) is 0 Å². The van der Waals surface area contributed by atoms with Crippen molar-refractivity contribution in [3.63, 3.8) is 0 Å². The first-order valence-electron chi connectivity index (χ1n) is 7.71. The molecule has 0 aliphatic carbocycles. The Hall–Kier alpha value is -2.98. The van der Waals surface area contributed by atoms with Gasteiger partial charge in [-0.3, -0.25) is 24.0 Å². The van der Waals surface area contributed by atoms with Gasteiger partial charge in [-0.15, -0.1) is 0 Å². The summed E-state index contributed by atoms with van der Waals surface area (Å²) >= 11 is 0. The monoisotopic (exact) mass is 376 g/mol. The van der Waals surface area contributed by atoms with Crippen molar-refractivity contribution in [3.8, 4) is 0 Å². The van der Waals surface area contributed by atoms with Crippen LogP contribution in [0.25, 0.3) is 0 Å². The number of aliphatic carboxylic acids is 3. The molecule has 0 fully saturated rings. The molecule has 0 aliphatic heterocycles. The summed E-state index contributed by atoms with van der Waals surface area (Å²) in [6.07, 6.45) is -3.59. The van der Waals surface area contributed by atoms with Gasteiger partial charge in [0, 0.05) is 38.5 Å². The number of hydrogen-bond donors (Lipinski definition) is 3. The van der Waals surface area contributed by atoms with Crippen LogP contribution in [0.4, 0.5) is 0 Å². The van der Waals surface area contributed by atoms with E-state index in [0.29, 0.717) is 0 Å². The van der Waals surface area contributed by atoms with Crippen LogP contribution in [0, 0.1) is 0 Å².